The molecule has 0 bridgehead atoms. The molecule has 0 spiro atoms. The maximum atomic E-state index is 9.94. The van der Waals surface area contributed by atoms with Crippen LogP contribution in [0.25, 0.3) is 0 Å². The average Bonchev–Trinajstić information content (AvgIpc) is 2.78. The van der Waals surface area contributed by atoms with Gasteiger partial charge in [-0.05, 0) is 0 Å². The summed E-state index contributed by atoms with van der Waals surface area (Å²) < 4.78 is 15.3. The standard InChI is InChI=1S/C12H22O11.C4H6O6/c13-1-3-5(15)6(16)9(19)12(22-3)23-10-4(2-14)21-11(20)8(18)7(10)17;5-1(3(7)8)2(6)4(9)10/h3-20H,1-2H2;1-2,5-6H,(H,7,8)(H,9,10)/t3-,4-,5+,6+,7-,8-,9-,10-,11+,12+;/m1./s1. The Kier molecular flexibility index (Phi) is 11.4. The lowest BCUT2D eigenvalue weighted by atomic mass is 9.97. The van der Waals surface area contributed by atoms with Crippen LogP contribution in [-0.2, 0) is 23.8 Å². The van der Waals surface area contributed by atoms with E-state index in [1.54, 1.807) is 0 Å². The van der Waals surface area contributed by atoms with Crippen LogP contribution in [0.5, 0.6) is 0 Å². The Morgan fingerprint density at radius 2 is 1.18 bits per heavy atom. The molecule has 2 aliphatic rings. The van der Waals surface area contributed by atoms with E-state index >= 15 is 0 Å². The highest BCUT2D eigenvalue weighted by molar-refractivity contribution is 5.83. The largest absolute Gasteiger partial charge is 0.479 e. The normalized spacial score (nSPS) is 40.8. The fourth-order valence-electron chi connectivity index (χ4n) is 2.84. The van der Waals surface area contributed by atoms with Crippen molar-refractivity contribution in [3.05, 3.63) is 0 Å². The molecule has 2 rings (SSSR count). The molecule has 2 fully saturated rings. The lowest BCUT2D eigenvalue weighted by molar-refractivity contribution is -0.355. The summed E-state index contributed by atoms with van der Waals surface area (Å²) in [4.78, 5) is 19.5. The molecule has 17 heteroatoms. The number of aliphatic hydroxyl groups excluding tert-OH is 10. The summed E-state index contributed by atoms with van der Waals surface area (Å²) in [5.41, 5.74) is 0. The number of carboxylic acid groups (broad SMARTS) is 2. The zero-order valence-electron chi connectivity index (χ0n) is 16.8. The molecule has 0 aromatic carbocycles. The summed E-state index contributed by atoms with van der Waals surface area (Å²) in [5, 5.41) is 109. The summed E-state index contributed by atoms with van der Waals surface area (Å²) in [5.74, 6) is -3.54. The number of hydrogen-bond donors (Lipinski definition) is 12. The molecule has 2 unspecified atom stereocenters. The van der Waals surface area contributed by atoms with Gasteiger partial charge in [0, 0.05) is 0 Å². The molecular weight excluding hydrogens is 464 g/mol. The van der Waals surface area contributed by atoms with E-state index in [-0.39, 0.29) is 0 Å². The van der Waals surface area contributed by atoms with Crippen molar-refractivity contribution < 1.29 is 85.1 Å². The van der Waals surface area contributed by atoms with Gasteiger partial charge in [-0.2, -0.15) is 0 Å². The van der Waals surface area contributed by atoms with Gasteiger partial charge in [0.15, 0.2) is 24.8 Å². The van der Waals surface area contributed by atoms with Crippen LogP contribution in [-0.4, -0.2) is 160 Å². The molecule has 12 N–H and O–H groups in total. The zero-order valence-corrected chi connectivity index (χ0v) is 16.8. The predicted molar refractivity (Wildman–Crippen MR) is 95.9 cm³/mol. The van der Waals surface area contributed by atoms with Gasteiger partial charge in [0.25, 0.3) is 0 Å². The number of ether oxygens (including phenoxy) is 3. The quantitative estimate of drug-likeness (QED) is 0.157. The number of carbonyl (C=O) groups is 2. The van der Waals surface area contributed by atoms with Gasteiger partial charge in [0.2, 0.25) is 0 Å². The van der Waals surface area contributed by atoms with Gasteiger partial charge >= 0.3 is 11.9 Å². The first-order valence-electron chi connectivity index (χ1n) is 9.36. The van der Waals surface area contributed by atoms with Crippen molar-refractivity contribution >= 4 is 11.9 Å². The fourth-order valence-corrected chi connectivity index (χ4v) is 2.84. The topological polar surface area (TPSA) is 305 Å². The number of carboxylic acids is 2. The lowest BCUT2D eigenvalue weighted by Crippen LogP contribution is -2.64. The van der Waals surface area contributed by atoms with Crippen molar-refractivity contribution in [2.45, 2.75) is 73.6 Å². The SMILES string of the molecule is O=C(O)C(O)C(O)C(=O)O.OC[C@H]1O[C@@H](O[C@H]2[C@H](O)[C@@H](O)[C@@H](O)O[C@@H]2CO)[C@H](O)[C@@H](O)[C@H]1O. The molecule has 0 amide bonds. The Labute approximate surface area is 184 Å². The Morgan fingerprint density at radius 3 is 1.61 bits per heavy atom. The van der Waals surface area contributed by atoms with Crippen molar-refractivity contribution in [3.63, 3.8) is 0 Å². The second-order valence-corrected chi connectivity index (χ2v) is 7.09. The van der Waals surface area contributed by atoms with E-state index in [2.05, 4.69) is 0 Å². The summed E-state index contributed by atoms with van der Waals surface area (Å²) in [6, 6.07) is 0. The van der Waals surface area contributed by atoms with Crippen molar-refractivity contribution in [2.75, 3.05) is 13.2 Å². The predicted octanol–water partition coefficient (Wildman–Crippen LogP) is -7.52. The van der Waals surface area contributed by atoms with E-state index in [1.807, 2.05) is 0 Å². The Hall–Kier alpha value is -1.58. The molecule has 17 nitrogen and oxygen atoms in total. The van der Waals surface area contributed by atoms with Crippen molar-refractivity contribution in [1.82, 2.24) is 0 Å². The monoisotopic (exact) mass is 492 g/mol. The highest BCUT2D eigenvalue weighted by Crippen LogP contribution is 2.28. The molecule has 2 saturated heterocycles. The van der Waals surface area contributed by atoms with Gasteiger partial charge in [-0.25, -0.2) is 9.59 Å². The van der Waals surface area contributed by atoms with E-state index in [4.69, 9.17) is 39.7 Å². The van der Waals surface area contributed by atoms with Crippen LogP contribution in [0.2, 0.25) is 0 Å². The van der Waals surface area contributed by atoms with Crippen LogP contribution in [0.4, 0.5) is 0 Å². The highest BCUT2D eigenvalue weighted by Gasteiger charge is 2.50. The summed E-state index contributed by atoms with van der Waals surface area (Å²) in [6.07, 6.45) is -20.1. The van der Waals surface area contributed by atoms with Crippen LogP contribution >= 0.6 is 0 Å². The number of rotatable bonds is 7. The second kappa shape index (κ2) is 12.8. The number of hydrogen-bond acceptors (Lipinski definition) is 15. The van der Waals surface area contributed by atoms with Crippen LogP contribution in [0.3, 0.4) is 0 Å². The Balaban J connectivity index is 0.000000461. The third-order valence-corrected chi connectivity index (χ3v) is 4.78. The Bertz CT molecular complexity index is 610. The molecule has 0 aromatic heterocycles. The molecule has 2 aliphatic heterocycles. The summed E-state index contributed by atoms with van der Waals surface area (Å²) in [7, 11) is 0. The number of aliphatic carboxylic acids is 2. The van der Waals surface area contributed by atoms with Gasteiger partial charge in [-0.15, -0.1) is 0 Å². The van der Waals surface area contributed by atoms with Gasteiger partial charge in [0.05, 0.1) is 13.2 Å². The van der Waals surface area contributed by atoms with E-state index in [0.717, 1.165) is 0 Å². The lowest BCUT2D eigenvalue weighted by Gasteiger charge is -2.45. The van der Waals surface area contributed by atoms with Gasteiger partial charge in [-0.1, -0.05) is 0 Å². The molecular formula is C16H28O17. The van der Waals surface area contributed by atoms with Crippen molar-refractivity contribution in [2.24, 2.45) is 0 Å². The molecule has 33 heavy (non-hydrogen) atoms. The summed E-state index contributed by atoms with van der Waals surface area (Å²) >= 11 is 0. The van der Waals surface area contributed by atoms with Crippen LogP contribution in [0.1, 0.15) is 0 Å². The van der Waals surface area contributed by atoms with Crippen molar-refractivity contribution in [1.29, 1.82) is 0 Å². The highest BCUT2D eigenvalue weighted by atomic mass is 16.7. The van der Waals surface area contributed by atoms with Gasteiger partial charge < -0.3 is 75.5 Å². The average molecular weight is 492 g/mol. The molecule has 0 aromatic rings. The summed E-state index contributed by atoms with van der Waals surface area (Å²) in [6.45, 7) is -1.35. The van der Waals surface area contributed by atoms with E-state index in [1.165, 1.54) is 0 Å². The van der Waals surface area contributed by atoms with E-state index < -0.39 is 98.8 Å². The Morgan fingerprint density at radius 1 is 0.697 bits per heavy atom. The van der Waals surface area contributed by atoms with Crippen LogP contribution in [0, 0.1) is 0 Å². The second-order valence-electron chi connectivity index (χ2n) is 7.09. The van der Waals surface area contributed by atoms with E-state index in [9.17, 15) is 45.3 Å². The molecule has 12 atom stereocenters. The minimum atomic E-state index is -2.27. The molecule has 0 saturated carbocycles. The zero-order chi connectivity index (χ0) is 25.6. The first kappa shape index (κ1) is 29.5. The van der Waals surface area contributed by atoms with Gasteiger partial charge in [0.1, 0.15) is 48.8 Å². The van der Waals surface area contributed by atoms with Gasteiger partial charge in [-0.3, -0.25) is 0 Å². The molecule has 2 heterocycles. The molecule has 0 radical (unpaired) electrons. The first-order valence-corrected chi connectivity index (χ1v) is 9.36. The molecule has 0 aliphatic carbocycles. The first-order chi connectivity index (χ1) is 15.3. The van der Waals surface area contributed by atoms with E-state index in [0.29, 0.717) is 0 Å². The third kappa shape index (κ3) is 7.20. The molecule has 194 valence electrons. The maximum Gasteiger partial charge on any atom is 0.335 e. The fraction of sp³-hybridized carbons (Fsp3) is 0.875. The minimum absolute atomic E-state index is 0.667. The smallest absolute Gasteiger partial charge is 0.335 e. The van der Waals surface area contributed by atoms with Crippen LogP contribution in [0.15, 0.2) is 0 Å². The number of aliphatic hydroxyl groups is 10. The third-order valence-electron chi connectivity index (χ3n) is 4.78. The van der Waals surface area contributed by atoms with Crippen molar-refractivity contribution in [3.8, 4) is 0 Å². The van der Waals surface area contributed by atoms with Crippen LogP contribution < -0.4 is 0 Å². The maximum absolute atomic E-state index is 9.94. The minimum Gasteiger partial charge on any atom is -0.479 e.